The van der Waals surface area contributed by atoms with Crippen LogP contribution in [0.2, 0.25) is 0 Å². The fourth-order valence-electron chi connectivity index (χ4n) is 3.42. The van der Waals surface area contributed by atoms with Gasteiger partial charge in [0, 0.05) is 26.2 Å². The molecule has 0 amide bonds. The molecule has 2 N–H and O–H groups in total. The number of nitrogens with zero attached hydrogens (tertiary/aromatic N) is 2. The van der Waals surface area contributed by atoms with Gasteiger partial charge < -0.3 is 15.5 Å². The van der Waals surface area contributed by atoms with Gasteiger partial charge in [0.25, 0.3) is 0 Å². The quantitative estimate of drug-likeness (QED) is 0.894. The van der Waals surface area contributed by atoms with Crippen LogP contribution in [0.5, 0.6) is 0 Å². The molecule has 4 nitrogen and oxygen atoms in total. The second-order valence-electron chi connectivity index (χ2n) is 6.16. The van der Waals surface area contributed by atoms with Gasteiger partial charge in [-0.05, 0) is 37.1 Å². The maximum atomic E-state index is 13.3. The lowest BCUT2D eigenvalue weighted by Gasteiger charge is -2.44. The Morgan fingerprint density at radius 2 is 2.18 bits per heavy atom. The Labute approximate surface area is 131 Å². The predicted molar refractivity (Wildman–Crippen MR) is 87.6 cm³/mol. The standard InChI is InChI=1S/C17H25FN4/c1-2-22-10-6-17(7-11-22)16(19-8-9-21-17)20-13-14-4-3-5-15(18)12-14/h3-5,12,21H,2,6-11,13H2,1H3,(H,19,20). The number of aliphatic imine (C=N–C) groups is 1. The smallest absolute Gasteiger partial charge is 0.123 e. The third-order valence-corrected chi connectivity index (χ3v) is 4.80. The van der Waals surface area contributed by atoms with Gasteiger partial charge >= 0.3 is 0 Å². The normalized spacial score (nSPS) is 21.6. The molecule has 120 valence electrons. The summed E-state index contributed by atoms with van der Waals surface area (Å²) in [4.78, 5) is 7.20. The van der Waals surface area contributed by atoms with Crippen molar-refractivity contribution in [2.75, 3.05) is 32.7 Å². The molecule has 2 aliphatic rings. The Kier molecular flexibility index (Phi) is 4.74. The third-order valence-electron chi connectivity index (χ3n) is 4.80. The molecule has 2 aliphatic heterocycles. The van der Waals surface area contributed by atoms with Gasteiger partial charge in [-0.3, -0.25) is 4.99 Å². The van der Waals surface area contributed by atoms with Gasteiger partial charge in [0.2, 0.25) is 0 Å². The summed E-state index contributed by atoms with van der Waals surface area (Å²) in [5.41, 5.74) is 0.937. The van der Waals surface area contributed by atoms with E-state index >= 15 is 0 Å². The lowest BCUT2D eigenvalue weighted by Crippen LogP contribution is -2.64. The highest BCUT2D eigenvalue weighted by atomic mass is 19.1. The zero-order valence-corrected chi connectivity index (χ0v) is 13.2. The SMILES string of the molecule is CCN1CCC2(CC1)NCCN=C2NCc1cccc(F)c1. The van der Waals surface area contributed by atoms with Crippen LogP contribution < -0.4 is 10.6 Å². The molecule has 0 aliphatic carbocycles. The minimum atomic E-state index is -0.186. The van der Waals surface area contributed by atoms with E-state index in [9.17, 15) is 4.39 Å². The molecule has 0 radical (unpaired) electrons. The molecule has 0 atom stereocenters. The van der Waals surface area contributed by atoms with E-state index in [2.05, 4.69) is 22.5 Å². The van der Waals surface area contributed by atoms with Crippen LogP contribution in [0, 0.1) is 5.82 Å². The molecule has 1 aromatic rings. The molecule has 3 rings (SSSR count). The van der Waals surface area contributed by atoms with E-state index in [0.29, 0.717) is 6.54 Å². The summed E-state index contributed by atoms with van der Waals surface area (Å²) < 4.78 is 13.3. The average molecular weight is 304 g/mol. The van der Waals surface area contributed by atoms with Crippen molar-refractivity contribution in [3.8, 4) is 0 Å². The lowest BCUT2D eigenvalue weighted by atomic mass is 9.84. The molecule has 0 saturated carbocycles. The molecule has 0 aromatic heterocycles. The molecule has 1 spiro atoms. The molecule has 22 heavy (non-hydrogen) atoms. The van der Waals surface area contributed by atoms with Crippen LogP contribution in [-0.4, -0.2) is 49.0 Å². The van der Waals surface area contributed by atoms with E-state index < -0.39 is 0 Å². The van der Waals surface area contributed by atoms with Crippen molar-refractivity contribution < 1.29 is 4.39 Å². The van der Waals surface area contributed by atoms with Gasteiger partial charge in [-0.15, -0.1) is 0 Å². The summed E-state index contributed by atoms with van der Waals surface area (Å²) in [7, 11) is 0. The lowest BCUT2D eigenvalue weighted by molar-refractivity contribution is 0.175. The number of hydrogen-bond acceptors (Lipinski definition) is 4. The van der Waals surface area contributed by atoms with E-state index in [0.717, 1.165) is 57.0 Å². The van der Waals surface area contributed by atoms with Crippen LogP contribution in [0.1, 0.15) is 25.3 Å². The molecule has 1 saturated heterocycles. The van der Waals surface area contributed by atoms with Crippen molar-refractivity contribution in [1.29, 1.82) is 0 Å². The summed E-state index contributed by atoms with van der Waals surface area (Å²) in [6.45, 7) is 7.90. The van der Waals surface area contributed by atoms with Crippen LogP contribution in [0.25, 0.3) is 0 Å². The highest BCUT2D eigenvalue weighted by Gasteiger charge is 2.39. The molecule has 5 heteroatoms. The number of likely N-dealkylation sites (tertiary alicyclic amines) is 1. The van der Waals surface area contributed by atoms with Gasteiger partial charge in [0.15, 0.2) is 0 Å². The van der Waals surface area contributed by atoms with E-state index in [1.165, 1.54) is 6.07 Å². The first-order valence-corrected chi connectivity index (χ1v) is 8.22. The minimum absolute atomic E-state index is 0.0166. The van der Waals surface area contributed by atoms with E-state index in [1.54, 1.807) is 12.1 Å². The average Bonchev–Trinajstić information content (AvgIpc) is 2.55. The van der Waals surface area contributed by atoms with Gasteiger partial charge in [0.1, 0.15) is 11.7 Å². The molecule has 1 aromatic carbocycles. The fraction of sp³-hybridized carbons (Fsp3) is 0.588. The van der Waals surface area contributed by atoms with Gasteiger partial charge in [-0.2, -0.15) is 0 Å². The first kappa shape index (κ1) is 15.4. The Balaban J connectivity index is 1.67. The predicted octanol–water partition coefficient (Wildman–Crippen LogP) is 1.77. The van der Waals surface area contributed by atoms with Crippen LogP contribution in [-0.2, 0) is 6.54 Å². The fourth-order valence-corrected chi connectivity index (χ4v) is 3.42. The minimum Gasteiger partial charge on any atom is -0.368 e. The van der Waals surface area contributed by atoms with Crippen LogP contribution in [0.3, 0.4) is 0 Å². The van der Waals surface area contributed by atoms with E-state index in [1.807, 2.05) is 6.07 Å². The van der Waals surface area contributed by atoms with Crippen LogP contribution in [0.15, 0.2) is 29.3 Å². The zero-order chi connectivity index (χ0) is 15.4. The second kappa shape index (κ2) is 6.75. The van der Waals surface area contributed by atoms with Gasteiger partial charge in [0.05, 0.1) is 12.1 Å². The zero-order valence-electron chi connectivity index (χ0n) is 13.2. The van der Waals surface area contributed by atoms with Crippen molar-refractivity contribution in [2.45, 2.75) is 31.8 Å². The number of halogens is 1. The van der Waals surface area contributed by atoms with Crippen LogP contribution in [0.4, 0.5) is 4.39 Å². The largest absolute Gasteiger partial charge is 0.368 e. The number of nitrogens with one attached hydrogen (secondary N) is 2. The van der Waals surface area contributed by atoms with Gasteiger partial charge in [-0.25, -0.2) is 4.39 Å². The first-order chi connectivity index (χ1) is 10.7. The van der Waals surface area contributed by atoms with Crippen molar-refractivity contribution in [1.82, 2.24) is 15.5 Å². The summed E-state index contributed by atoms with van der Waals surface area (Å²) >= 11 is 0. The Bertz CT molecular complexity index is 535. The van der Waals surface area contributed by atoms with Crippen molar-refractivity contribution in [3.63, 3.8) is 0 Å². The number of amidine groups is 1. The number of benzene rings is 1. The molecular formula is C17H25FN4. The number of piperidine rings is 1. The highest BCUT2D eigenvalue weighted by molar-refractivity contribution is 5.92. The molecule has 2 heterocycles. The summed E-state index contributed by atoms with van der Waals surface area (Å²) in [5, 5.41) is 7.14. The monoisotopic (exact) mass is 304 g/mol. The summed E-state index contributed by atoms with van der Waals surface area (Å²) in [5.74, 6) is 0.868. The number of rotatable bonds is 3. The van der Waals surface area contributed by atoms with E-state index in [4.69, 9.17) is 4.99 Å². The highest BCUT2D eigenvalue weighted by Crippen LogP contribution is 2.25. The van der Waals surface area contributed by atoms with Gasteiger partial charge in [-0.1, -0.05) is 19.1 Å². The molecular weight excluding hydrogens is 279 g/mol. The van der Waals surface area contributed by atoms with Crippen molar-refractivity contribution in [2.24, 2.45) is 4.99 Å². The maximum Gasteiger partial charge on any atom is 0.123 e. The first-order valence-electron chi connectivity index (χ1n) is 8.22. The Hall–Kier alpha value is -1.46. The van der Waals surface area contributed by atoms with Crippen molar-refractivity contribution in [3.05, 3.63) is 35.6 Å². The summed E-state index contributed by atoms with van der Waals surface area (Å²) in [6.07, 6.45) is 2.16. The second-order valence-corrected chi connectivity index (χ2v) is 6.16. The third kappa shape index (κ3) is 3.31. The summed E-state index contributed by atoms with van der Waals surface area (Å²) in [6, 6.07) is 6.75. The maximum absolute atomic E-state index is 13.3. The molecule has 1 fully saturated rings. The number of hydrogen-bond donors (Lipinski definition) is 2. The topological polar surface area (TPSA) is 39.7 Å². The molecule has 0 bridgehead atoms. The van der Waals surface area contributed by atoms with Crippen LogP contribution >= 0.6 is 0 Å². The van der Waals surface area contributed by atoms with Crippen molar-refractivity contribution >= 4 is 5.84 Å². The Morgan fingerprint density at radius 1 is 1.36 bits per heavy atom. The molecule has 0 unspecified atom stereocenters. The van der Waals surface area contributed by atoms with E-state index in [-0.39, 0.29) is 11.4 Å². The Morgan fingerprint density at radius 3 is 2.91 bits per heavy atom.